The number of Topliss-reactive ketones (excluding diaryl/α,β-unsaturated/α-hetero) is 2. The summed E-state index contributed by atoms with van der Waals surface area (Å²) in [5.41, 5.74) is 0. The van der Waals surface area contributed by atoms with Gasteiger partial charge in [-0.25, -0.2) is 9.59 Å². The van der Waals surface area contributed by atoms with Gasteiger partial charge in [-0.1, -0.05) is 39.0 Å². The monoisotopic (exact) mass is 613 g/mol. The molecule has 0 radical (unpaired) electrons. The average Bonchev–Trinajstić information content (AvgIpc) is 2.94. The van der Waals surface area contributed by atoms with Gasteiger partial charge in [-0.2, -0.15) is 0 Å². The number of carbonyl (C=O) groups excluding carboxylic acids is 5. The van der Waals surface area contributed by atoms with Gasteiger partial charge in [-0.05, 0) is 58.3 Å². The molecule has 0 fully saturated rings. The number of aliphatic carboxylic acids is 2. The van der Waals surface area contributed by atoms with Crippen LogP contribution in [0.25, 0.3) is 0 Å². The fraction of sp³-hybridized carbons (Fsp3) is 0.767. The van der Waals surface area contributed by atoms with Gasteiger partial charge in [0.25, 0.3) is 6.47 Å². The van der Waals surface area contributed by atoms with Crippen LogP contribution in [0.4, 0.5) is 4.79 Å². The molecule has 1 unspecified atom stereocenters. The van der Waals surface area contributed by atoms with Crippen LogP contribution in [-0.4, -0.2) is 76.9 Å². The van der Waals surface area contributed by atoms with Crippen LogP contribution in [0.15, 0.2) is 0 Å². The van der Waals surface area contributed by atoms with Crippen LogP contribution in [0.1, 0.15) is 123 Å². The number of unbranched alkanes of at least 4 members (excludes halogenated alkanes) is 7. The molecule has 0 bridgehead atoms. The molecule has 0 saturated heterocycles. The van der Waals surface area contributed by atoms with Crippen molar-refractivity contribution in [3.8, 4) is 0 Å². The number of rotatable bonds is 28. The number of amides is 3. The van der Waals surface area contributed by atoms with Crippen molar-refractivity contribution in [2.45, 2.75) is 141 Å². The molecule has 246 valence electrons. The van der Waals surface area contributed by atoms with E-state index in [1.807, 2.05) is 0 Å². The Morgan fingerprint density at radius 3 is 1.98 bits per heavy atom. The molecule has 0 aromatic rings. The Hall–Kier alpha value is -3.51. The van der Waals surface area contributed by atoms with Crippen LogP contribution in [0.5, 0.6) is 0 Å². The third-order valence-electron chi connectivity index (χ3n) is 6.98. The Morgan fingerprint density at radius 1 is 0.744 bits per heavy atom. The highest BCUT2D eigenvalue weighted by Gasteiger charge is 2.23. The summed E-state index contributed by atoms with van der Waals surface area (Å²) in [6.45, 7) is 4.10. The van der Waals surface area contributed by atoms with Crippen LogP contribution in [0, 0.1) is 0 Å². The van der Waals surface area contributed by atoms with Crippen LogP contribution in [-0.2, 0) is 33.5 Å². The van der Waals surface area contributed by atoms with Gasteiger partial charge in [0.1, 0.15) is 17.9 Å². The standard InChI is InChI=1S/C30H51N3O10/c1-3-4-5-9-14-24(43-21-34)20-23(36)13-8-6-7-10-16-27(37)31-19-12-11-15-26(29(40)41)33-30(42)32-25(22(2)35)17-18-28(38)39/h21,24-26H,3-20H2,1-2H3,(H,31,37)(H,38,39)(H,40,41)(H2,32,33,42)/t24?,25-,26-/m0/s1. The molecule has 13 heteroatoms. The van der Waals surface area contributed by atoms with E-state index in [-0.39, 0.29) is 43.5 Å². The first-order chi connectivity index (χ1) is 20.5. The number of nitrogens with one attached hydrogen (secondary N) is 3. The van der Waals surface area contributed by atoms with E-state index in [4.69, 9.17) is 9.84 Å². The highest BCUT2D eigenvalue weighted by molar-refractivity contribution is 5.89. The maximum atomic E-state index is 12.2. The van der Waals surface area contributed by atoms with Crippen molar-refractivity contribution in [3.63, 3.8) is 0 Å². The van der Waals surface area contributed by atoms with E-state index in [9.17, 15) is 38.7 Å². The molecule has 5 N–H and O–H groups in total. The zero-order chi connectivity index (χ0) is 32.5. The van der Waals surface area contributed by atoms with Gasteiger partial charge in [-0.3, -0.25) is 24.0 Å². The minimum absolute atomic E-state index is 0.0806. The highest BCUT2D eigenvalue weighted by atomic mass is 16.5. The quantitative estimate of drug-likeness (QED) is 0.0639. The van der Waals surface area contributed by atoms with Crippen molar-refractivity contribution in [3.05, 3.63) is 0 Å². The molecule has 43 heavy (non-hydrogen) atoms. The Bertz CT molecular complexity index is 880. The van der Waals surface area contributed by atoms with Crippen molar-refractivity contribution in [2.75, 3.05) is 6.54 Å². The van der Waals surface area contributed by atoms with E-state index in [0.29, 0.717) is 51.5 Å². The van der Waals surface area contributed by atoms with Crippen LogP contribution in [0.2, 0.25) is 0 Å². The van der Waals surface area contributed by atoms with Crippen molar-refractivity contribution in [2.24, 2.45) is 0 Å². The molecule has 0 rings (SSSR count). The third kappa shape index (κ3) is 22.7. The summed E-state index contributed by atoms with van der Waals surface area (Å²) in [5.74, 6) is -2.83. The Labute approximate surface area is 254 Å². The molecule has 0 aliphatic heterocycles. The van der Waals surface area contributed by atoms with Gasteiger partial charge < -0.3 is 30.9 Å². The number of carboxylic acid groups (broad SMARTS) is 2. The molecule has 0 spiro atoms. The normalized spacial score (nSPS) is 12.8. The zero-order valence-corrected chi connectivity index (χ0v) is 25.7. The lowest BCUT2D eigenvalue weighted by atomic mass is 10.0. The SMILES string of the molecule is CCCCCCC(CC(=O)CCCCCCC(=O)NCCCC[C@H](NC(=O)N[C@@H](CCC(=O)O)C(C)=O)C(=O)O)OC=O. The number of hydrogen-bond donors (Lipinski definition) is 5. The van der Waals surface area contributed by atoms with E-state index in [2.05, 4.69) is 22.9 Å². The Kier molecular flexibility index (Phi) is 23.0. The highest BCUT2D eigenvalue weighted by Crippen LogP contribution is 2.14. The number of ketones is 2. The summed E-state index contributed by atoms with van der Waals surface area (Å²) in [6, 6.07) is -3.11. The maximum absolute atomic E-state index is 12.2. The Morgan fingerprint density at radius 2 is 1.37 bits per heavy atom. The van der Waals surface area contributed by atoms with Gasteiger partial charge in [0.15, 0.2) is 5.78 Å². The summed E-state index contributed by atoms with van der Waals surface area (Å²) in [6.07, 6.45) is 9.24. The number of carbonyl (C=O) groups is 7. The lowest BCUT2D eigenvalue weighted by Gasteiger charge is -2.19. The Balaban J connectivity index is 4.08. The van der Waals surface area contributed by atoms with E-state index in [0.717, 1.165) is 44.9 Å². The van der Waals surface area contributed by atoms with Crippen LogP contribution in [0.3, 0.4) is 0 Å². The second kappa shape index (κ2) is 25.0. The van der Waals surface area contributed by atoms with Crippen LogP contribution < -0.4 is 16.0 Å². The lowest BCUT2D eigenvalue weighted by Crippen LogP contribution is -2.50. The van der Waals surface area contributed by atoms with Gasteiger partial charge in [0.2, 0.25) is 5.91 Å². The molecule has 13 nitrogen and oxygen atoms in total. The first kappa shape index (κ1) is 39.5. The van der Waals surface area contributed by atoms with Gasteiger partial charge >= 0.3 is 18.0 Å². The van der Waals surface area contributed by atoms with Crippen LogP contribution >= 0.6 is 0 Å². The van der Waals surface area contributed by atoms with E-state index in [1.165, 1.54) is 6.92 Å². The van der Waals surface area contributed by atoms with Crippen molar-refractivity contribution in [1.82, 2.24) is 16.0 Å². The molecular formula is C30H51N3O10. The number of hydrogen-bond acceptors (Lipinski definition) is 8. The smallest absolute Gasteiger partial charge is 0.326 e. The van der Waals surface area contributed by atoms with Gasteiger partial charge in [-0.15, -0.1) is 0 Å². The predicted octanol–water partition coefficient (Wildman–Crippen LogP) is 3.66. The van der Waals surface area contributed by atoms with E-state index in [1.54, 1.807) is 0 Å². The summed E-state index contributed by atoms with van der Waals surface area (Å²) in [5, 5.41) is 25.5. The molecule has 0 aromatic heterocycles. The third-order valence-corrected chi connectivity index (χ3v) is 6.98. The molecule has 0 aromatic carbocycles. The number of ether oxygens (including phenoxy) is 1. The first-order valence-electron chi connectivity index (χ1n) is 15.4. The van der Waals surface area contributed by atoms with Crippen molar-refractivity contribution in [1.29, 1.82) is 0 Å². The fourth-order valence-corrected chi connectivity index (χ4v) is 4.46. The van der Waals surface area contributed by atoms with E-state index >= 15 is 0 Å². The predicted molar refractivity (Wildman–Crippen MR) is 158 cm³/mol. The summed E-state index contributed by atoms with van der Waals surface area (Å²) >= 11 is 0. The summed E-state index contributed by atoms with van der Waals surface area (Å²) in [4.78, 5) is 81.0. The molecule has 0 aliphatic carbocycles. The first-order valence-corrected chi connectivity index (χ1v) is 15.4. The largest absolute Gasteiger partial charge is 0.481 e. The lowest BCUT2D eigenvalue weighted by molar-refractivity contribution is -0.139. The van der Waals surface area contributed by atoms with Gasteiger partial charge in [0.05, 0.1) is 6.04 Å². The minimum atomic E-state index is -1.25. The molecule has 0 heterocycles. The summed E-state index contributed by atoms with van der Waals surface area (Å²) in [7, 11) is 0. The topological polar surface area (TPSA) is 205 Å². The number of urea groups is 1. The minimum Gasteiger partial charge on any atom is -0.481 e. The molecule has 0 saturated carbocycles. The molecule has 3 atom stereocenters. The fourth-order valence-electron chi connectivity index (χ4n) is 4.46. The van der Waals surface area contributed by atoms with Gasteiger partial charge in [0, 0.05) is 32.2 Å². The van der Waals surface area contributed by atoms with Crippen molar-refractivity contribution >= 4 is 41.9 Å². The molecule has 3 amide bonds. The summed E-state index contributed by atoms with van der Waals surface area (Å²) < 4.78 is 5.07. The van der Waals surface area contributed by atoms with Crippen molar-refractivity contribution < 1.29 is 48.5 Å². The molecular weight excluding hydrogens is 562 g/mol. The second-order valence-corrected chi connectivity index (χ2v) is 10.8. The average molecular weight is 614 g/mol. The molecule has 0 aliphatic rings. The maximum Gasteiger partial charge on any atom is 0.326 e. The zero-order valence-electron chi connectivity index (χ0n) is 25.7. The number of carboxylic acids is 2. The second-order valence-electron chi connectivity index (χ2n) is 10.8. The van der Waals surface area contributed by atoms with E-state index < -0.39 is 35.8 Å².